The molecule has 0 aliphatic rings. The van der Waals surface area contributed by atoms with Crippen LogP contribution in [0.25, 0.3) is 11.1 Å². The summed E-state index contributed by atoms with van der Waals surface area (Å²) in [5.74, 6) is -0.0456. The van der Waals surface area contributed by atoms with Gasteiger partial charge in [0, 0.05) is 42.3 Å². The van der Waals surface area contributed by atoms with Crippen LogP contribution in [0.5, 0.6) is 5.75 Å². The van der Waals surface area contributed by atoms with Crippen LogP contribution < -0.4 is 15.4 Å². The highest BCUT2D eigenvalue weighted by atomic mass is 32.1. The number of nitrogens with one attached hydrogen (secondary N) is 2. The third kappa shape index (κ3) is 8.39. The van der Waals surface area contributed by atoms with Gasteiger partial charge in [-0.2, -0.15) is 5.26 Å². The number of nitrogens with zero attached hydrogens (tertiary/aromatic N) is 3. The average Bonchev–Trinajstić information content (AvgIpc) is 3.55. The lowest BCUT2D eigenvalue weighted by atomic mass is 9.85. The SMILES string of the molecule is COc1cccc(CNC[C@@H](O)[C@@](C)(NC(=O)c2cc(C(=O)N(C)Cc3nc(C)cs3)cc(-c3ccccc3C#N)c2)c2ccccc2)c1. The zero-order chi connectivity index (χ0) is 35.0. The summed E-state index contributed by atoms with van der Waals surface area (Å²) in [7, 11) is 3.30. The van der Waals surface area contributed by atoms with Gasteiger partial charge in [-0.25, -0.2) is 4.98 Å². The second-order valence-corrected chi connectivity index (χ2v) is 13.0. The highest BCUT2D eigenvalue weighted by molar-refractivity contribution is 7.09. The van der Waals surface area contributed by atoms with Crippen LogP contribution in [0.3, 0.4) is 0 Å². The highest BCUT2D eigenvalue weighted by Crippen LogP contribution is 2.29. The first-order valence-corrected chi connectivity index (χ1v) is 16.7. The van der Waals surface area contributed by atoms with E-state index < -0.39 is 17.6 Å². The second kappa shape index (κ2) is 15.7. The summed E-state index contributed by atoms with van der Waals surface area (Å²) in [6, 6.07) is 31.1. The summed E-state index contributed by atoms with van der Waals surface area (Å²) in [6.07, 6.45) is -1.04. The van der Waals surface area contributed by atoms with E-state index in [1.807, 2.05) is 73.0 Å². The number of thiazole rings is 1. The fraction of sp³-hybridized carbons (Fsp3) is 0.231. The van der Waals surface area contributed by atoms with Gasteiger partial charge in [0.15, 0.2) is 0 Å². The van der Waals surface area contributed by atoms with E-state index in [0.717, 1.165) is 22.0 Å². The Hall–Kier alpha value is -5.34. The molecule has 49 heavy (non-hydrogen) atoms. The normalized spacial score (nSPS) is 12.7. The van der Waals surface area contributed by atoms with E-state index in [2.05, 4.69) is 21.7 Å². The van der Waals surface area contributed by atoms with E-state index in [9.17, 15) is 20.0 Å². The summed E-state index contributed by atoms with van der Waals surface area (Å²) < 4.78 is 5.33. The maximum Gasteiger partial charge on any atom is 0.254 e. The van der Waals surface area contributed by atoms with Crippen LogP contribution in [-0.2, 0) is 18.6 Å². The molecule has 0 aliphatic heterocycles. The summed E-state index contributed by atoms with van der Waals surface area (Å²) in [5.41, 5.74) is 3.42. The second-order valence-electron chi connectivity index (χ2n) is 12.0. The van der Waals surface area contributed by atoms with E-state index in [-0.39, 0.29) is 23.6 Å². The van der Waals surface area contributed by atoms with Crippen molar-refractivity contribution in [1.82, 2.24) is 20.5 Å². The predicted octanol–water partition coefficient (Wildman–Crippen LogP) is 6.07. The Morgan fingerprint density at radius 2 is 1.76 bits per heavy atom. The molecule has 0 fully saturated rings. The quantitative estimate of drug-likeness (QED) is 0.139. The van der Waals surface area contributed by atoms with E-state index in [1.165, 1.54) is 11.3 Å². The minimum Gasteiger partial charge on any atom is -0.497 e. The van der Waals surface area contributed by atoms with E-state index in [4.69, 9.17) is 4.74 Å². The molecule has 0 spiro atoms. The van der Waals surface area contributed by atoms with Crippen LogP contribution in [0.15, 0.2) is 102 Å². The molecule has 1 heterocycles. The lowest BCUT2D eigenvalue weighted by Crippen LogP contribution is -2.55. The third-order valence-corrected chi connectivity index (χ3v) is 9.35. The molecule has 0 radical (unpaired) electrons. The van der Waals surface area contributed by atoms with E-state index in [0.29, 0.717) is 35.3 Å². The van der Waals surface area contributed by atoms with Crippen molar-refractivity contribution in [3.8, 4) is 22.9 Å². The van der Waals surface area contributed by atoms with Crippen LogP contribution in [0.1, 0.15) is 55.0 Å². The number of amides is 2. The molecule has 250 valence electrons. The Morgan fingerprint density at radius 3 is 2.47 bits per heavy atom. The Balaban J connectivity index is 1.46. The summed E-state index contributed by atoms with van der Waals surface area (Å²) in [5, 5.41) is 30.6. The molecule has 0 saturated heterocycles. The molecular formula is C39H39N5O4S. The number of benzene rings is 4. The first-order chi connectivity index (χ1) is 23.6. The molecule has 5 aromatic rings. The molecule has 3 N–H and O–H groups in total. The van der Waals surface area contributed by atoms with Crippen molar-refractivity contribution in [2.24, 2.45) is 0 Å². The molecule has 9 nitrogen and oxygen atoms in total. The molecule has 10 heteroatoms. The van der Waals surface area contributed by atoms with Crippen LogP contribution in [0, 0.1) is 18.3 Å². The summed E-state index contributed by atoms with van der Waals surface area (Å²) in [4.78, 5) is 34.1. The Morgan fingerprint density at radius 1 is 1.02 bits per heavy atom. The molecule has 0 aliphatic carbocycles. The number of carbonyl (C=O) groups excluding carboxylic acids is 2. The zero-order valence-corrected chi connectivity index (χ0v) is 28.8. The van der Waals surface area contributed by atoms with Crippen molar-refractivity contribution in [2.45, 2.75) is 38.6 Å². The van der Waals surface area contributed by atoms with Gasteiger partial charge in [-0.1, -0.05) is 60.7 Å². The van der Waals surface area contributed by atoms with E-state index >= 15 is 0 Å². The minimum atomic E-state index is -1.22. The Bertz CT molecular complexity index is 1970. The minimum absolute atomic E-state index is 0.170. The monoisotopic (exact) mass is 673 g/mol. The molecule has 0 bridgehead atoms. The maximum absolute atomic E-state index is 14.2. The summed E-state index contributed by atoms with van der Waals surface area (Å²) in [6.45, 7) is 4.64. The number of aryl methyl sites for hydroxylation is 1. The Labute approximate surface area is 290 Å². The number of aliphatic hydroxyl groups excluding tert-OH is 1. The van der Waals surface area contributed by atoms with E-state index in [1.54, 1.807) is 62.4 Å². The van der Waals surface area contributed by atoms with Crippen molar-refractivity contribution >= 4 is 23.2 Å². The lowest BCUT2D eigenvalue weighted by Gasteiger charge is -2.36. The fourth-order valence-electron chi connectivity index (χ4n) is 5.62. The number of carbonyl (C=O) groups is 2. The Kier molecular flexibility index (Phi) is 11.2. The van der Waals surface area contributed by atoms with Gasteiger partial charge in [0.05, 0.1) is 36.9 Å². The molecule has 0 saturated carbocycles. The van der Waals surface area contributed by atoms with Crippen LogP contribution in [0.2, 0.25) is 0 Å². The maximum atomic E-state index is 14.2. The van der Waals surface area contributed by atoms with Crippen molar-refractivity contribution < 1.29 is 19.4 Å². The highest BCUT2D eigenvalue weighted by Gasteiger charge is 2.37. The number of aromatic nitrogens is 1. The lowest BCUT2D eigenvalue weighted by molar-refractivity contribution is 0.0554. The number of hydrogen-bond acceptors (Lipinski definition) is 8. The largest absolute Gasteiger partial charge is 0.497 e. The first kappa shape index (κ1) is 35.0. The van der Waals surface area contributed by atoms with Crippen LogP contribution in [-0.4, -0.2) is 53.6 Å². The van der Waals surface area contributed by atoms with Gasteiger partial charge in [0.2, 0.25) is 0 Å². The summed E-state index contributed by atoms with van der Waals surface area (Å²) >= 11 is 1.48. The molecule has 4 aromatic carbocycles. The van der Waals surface area contributed by atoms with Crippen molar-refractivity contribution in [3.05, 3.63) is 141 Å². The number of hydrogen-bond donors (Lipinski definition) is 3. The average molecular weight is 674 g/mol. The van der Waals surface area contributed by atoms with Gasteiger partial charge in [-0.15, -0.1) is 11.3 Å². The predicted molar refractivity (Wildman–Crippen MR) is 191 cm³/mol. The van der Waals surface area contributed by atoms with Crippen molar-refractivity contribution in [2.75, 3.05) is 20.7 Å². The van der Waals surface area contributed by atoms with Gasteiger partial charge >= 0.3 is 0 Å². The number of methoxy groups -OCH3 is 1. The van der Waals surface area contributed by atoms with Gasteiger partial charge < -0.3 is 25.4 Å². The number of rotatable bonds is 13. The van der Waals surface area contributed by atoms with Gasteiger partial charge in [-0.3, -0.25) is 9.59 Å². The first-order valence-electron chi connectivity index (χ1n) is 15.8. The molecular weight excluding hydrogens is 635 g/mol. The molecule has 5 rings (SSSR count). The van der Waals surface area contributed by atoms with Gasteiger partial charge in [0.25, 0.3) is 11.8 Å². The van der Waals surface area contributed by atoms with Gasteiger partial charge in [-0.05, 0) is 72.5 Å². The molecule has 1 aromatic heterocycles. The number of aliphatic hydroxyl groups is 1. The zero-order valence-electron chi connectivity index (χ0n) is 27.9. The number of nitriles is 1. The number of ether oxygens (including phenoxy) is 1. The van der Waals surface area contributed by atoms with Crippen molar-refractivity contribution in [1.29, 1.82) is 5.26 Å². The standard InChI is InChI=1S/C39H39N5O4S/c1-26-25-49-36(42-26)24-44(3)38(47)31-19-29(34-16-9-8-12-28(34)21-40)18-30(20-31)37(46)43-39(2,32-13-6-5-7-14-32)35(45)23-41-22-27-11-10-15-33(17-27)48-4/h5-20,25,35,41,45H,22-24H2,1-4H3,(H,43,46)/t35-,39+/m1/s1. The topological polar surface area (TPSA) is 128 Å². The smallest absolute Gasteiger partial charge is 0.254 e. The molecule has 2 atom stereocenters. The third-order valence-electron chi connectivity index (χ3n) is 8.40. The van der Waals surface area contributed by atoms with Crippen LogP contribution >= 0.6 is 11.3 Å². The molecule has 0 unspecified atom stereocenters. The van der Waals surface area contributed by atoms with Crippen molar-refractivity contribution in [3.63, 3.8) is 0 Å². The fourth-order valence-corrected chi connectivity index (χ4v) is 6.44. The molecule has 2 amide bonds. The van der Waals surface area contributed by atoms with Crippen LogP contribution in [0.4, 0.5) is 0 Å². The van der Waals surface area contributed by atoms with Gasteiger partial charge in [0.1, 0.15) is 10.8 Å².